The molecular formula is C17H29NO. The molecule has 0 radical (unpaired) electrons. The summed E-state index contributed by atoms with van der Waals surface area (Å²) < 4.78 is 5.43. The predicted octanol–water partition coefficient (Wildman–Crippen LogP) is 4.53. The van der Waals surface area contributed by atoms with Crippen molar-refractivity contribution >= 4 is 0 Å². The maximum absolute atomic E-state index is 6.50. The van der Waals surface area contributed by atoms with Crippen molar-refractivity contribution in [1.82, 2.24) is 0 Å². The molecule has 0 aliphatic carbocycles. The summed E-state index contributed by atoms with van der Waals surface area (Å²) in [4.78, 5) is 0. The second-order valence-electron chi connectivity index (χ2n) is 5.55. The molecule has 2 heteroatoms. The van der Waals surface area contributed by atoms with E-state index in [4.69, 9.17) is 10.5 Å². The van der Waals surface area contributed by atoms with Gasteiger partial charge in [0, 0.05) is 6.04 Å². The van der Waals surface area contributed by atoms with Gasteiger partial charge >= 0.3 is 0 Å². The lowest BCUT2D eigenvalue weighted by atomic mass is 9.85. The molecule has 0 saturated heterocycles. The fourth-order valence-corrected chi connectivity index (χ4v) is 3.02. The normalized spacial score (nSPS) is 12.8. The molecule has 0 bridgehead atoms. The highest BCUT2D eigenvalue weighted by molar-refractivity contribution is 5.44. The Labute approximate surface area is 118 Å². The summed E-state index contributed by atoms with van der Waals surface area (Å²) in [7, 11) is 1.73. The lowest BCUT2D eigenvalue weighted by molar-refractivity contribution is 0.367. The van der Waals surface area contributed by atoms with Gasteiger partial charge in [-0.2, -0.15) is 0 Å². The van der Waals surface area contributed by atoms with Crippen LogP contribution in [0.5, 0.6) is 5.75 Å². The van der Waals surface area contributed by atoms with Gasteiger partial charge in [0.15, 0.2) is 0 Å². The Morgan fingerprint density at radius 2 is 1.53 bits per heavy atom. The van der Waals surface area contributed by atoms with Gasteiger partial charge in [-0.25, -0.2) is 0 Å². The summed E-state index contributed by atoms with van der Waals surface area (Å²) in [6, 6.07) is 4.52. The first-order chi connectivity index (χ1) is 9.04. The van der Waals surface area contributed by atoms with Gasteiger partial charge in [-0.3, -0.25) is 0 Å². The molecule has 0 aliphatic heterocycles. The van der Waals surface area contributed by atoms with Crippen LogP contribution in [0.3, 0.4) is 0 Å². The zero-order valence-electron chi connectivity index (χ0n) is 13.1. The molecule has 1 unspecified atom stereocenters. The zero-order valence-corrected chi connectivity index (χ0v) is 13.1. The number of hydrogen-bond acceptors (Lipinski definition) is 2. The SMILES string of the molecule is CCCC(CCC)C(N)c1cc(C)c(OC)c(C)c1. The van der Waals surface area contributed by atoms with Gasteiger partial charge in [0.25, 0.3) is 0 Å². The van der Waals surface area contributed by atoms with Crippen LogP contribution in [0.15, 0.2) is 12.1 Å². The molecule has 0 fully saturated rings. The van der Waals surface area contributed by atoms with E-state index in [1.807, 2.05) is 0 Å². The quantitative estimate of drug-likeness (QED) is 0.784. The van der Waals surface area contributed by atoms with Gasteiger partial charge in [-0.05, 0) is 49.3 Å². The molecule has 1 atom stereocenters. The van der Waals surface area contributed by atoms with E-state index in [2.05, 4.69) is 39.8 Å². The Balaban J connectivity index is 3.00. The van der Waals surface area contributed by atoms with Crippen LogP contribution in [0.25, 0.3) is 0 Å². The standard InChI is InChI=1S/C17H29NO/c1-6-8-14(9-7-2)16(18)15-10-12(3)17(19-5)13(4)11-15/h10-11,14,16H,6-9,18H2,1-5H3. The number of hydrogen-bond donors (Lipinski definition) is 1. The van der Waals surface area contributed by atoms with E-state index >= 15 is 0 Å². The number of rotatable bonds is 7. The van der Waals surface area contributed by atoms with Crippen molar-refractivity contribution in [3.63, 3.8) is 0 Å². The number of benzene rings is 1. The van der Waals surface area contributed by atoms with Crippen molar-refractivity contribution in [1.29, 1.82) is 0 Å². The fraction of sp³-hybridized carbons (Fsp3) is 0.647. The maximum Gasteiger partial charge on any atom is 0.124 e. The number of aryl methyl sites for hydroxylation is 2. The highest BCUT2D eigenvalue weighted by Crippen LogP contribution is 2.32. The number of nitrogens with two attached hydrogens (primary N) is 1. The molecule has 1 rings (SSSR count). The molecule has 19 heavy (non-hydrogen) atoms. The summed E-state index contributed by atoms with van der Waals surface area (Å²) in [6.07, 6.45) is 4.82. The Morgan fingerprint density at radius 3 is 1.89 bits per heavy atom. The van der Waals surface area contributed by atoms with E-state index in [-0.39, 0.29) is 6.04 Å². The van der Waals surface area contributed by atoms with E-state index in [0.717, 1.165) is 5.75 Å². The van der Waals surface area contributed by atoms with Gasteiger partial charge in [0.05, 0.1) is 7.11 Å². The topological polar surface area (TPSA) is 35.2 Å². The van der Waals surface area contributed by atoms with Crippen molar-refractivity contribution in [2.75, 3.05) is 7.11 Å². The Kier molecular flexibility index (Phi) is 6.36. The molecule has 108 valence electrons. The second kappa shape index (κ2) is 7.54. The van der Waals surface area contributed by atoms with Crippen molar-refractivity contribution < 1.29 is 4.74 Å². The second-order valence-corrected chi connectivity index (χ2v) is 5.55. The molecule has 0 amide bonds. The van der Waals surface area contributed by atoms with Crippen LogP contribution in [0.2, 0.25) is 0 Å². The third-order valence-electron chi connectivity index (χ3n) is 3.90. The molecule has 0 aromatic heterocycles. The van der Waals surface area contributed by atoms with Gasteiger partial charge < -0.3 is 10.5 Å². The Morgan fingerprint density at radius 1 is 1.05 bits per heavy atom. The summed E-state index contributed by atoms with van der Waals surface area (Å²) >= 11 is 0. The first kappa shape index (κ1) is 16.0. The minimum atomic E-state index is 0.142. The van der Waals surface area contributed by atoms with Crippen molar-refractivity contribution in [3.05, 3.63) is 28.8 Å². The van der Waals surface area contributed by atoms with Gasteiger partial charge in [0.2, 0.25) is 0 Å². The van der Waals surface area contributed by atoms with Gasteiger partial charge in [0.1, 0.15) is 5.75 Å². The van der Waals surface area contributed by atoms with Crippen molar-refractivity contribution in [2.45, 2.75) is 59.4 Å². The van der Waals surface area contributed by atoms with Gasteiger partial charge in [-0.15, -0.1) is 0 Å². The van der Waals surface area contributed by atoms with E-state index < -0.39 is 0 Å². The fourth-order valence-electron chi connectivity index (χ4n) is 3.02. The molecule has 1 aromatic carbocycles. The minimum Gasteiger partial charge on any atom is -0.496 e. The highest BCUT2D eigenvalue weighted by atomic mass is 16.5. The summed E-state index contributed by atoms with van der Waals surface area (Å²) in [5.41, 5.74) is 10.1. The predicted molar refractivity (Wildman–Crippen MR) is 82.7 cm³/mol. The first-order valence-electron chi connectivity index (χ1n) is 7.45. The molecule has 0 spiro atoms. The molecule has 0 heterocycles. The van der Waals surface area contributed by atoms with Crippen LogP contribution < -0.4 is 10.5 Å². The average molecular weight is 263 g/mol. The third kappa shape index (κ3) is 3.97. The average Bonchev–Trinajstić information content (AvgIpc) is 2.37. The third-order valence-corrected chi connectivity index (χ3v) is 3.90. The molecule has 2 nitrogen and oxygen atoms in total. The summed E-state index contributed by atoms with van der Waals surface area (Å²) in [5.74, 6) is 1.57. The van der Waals surface area contributed by atoms with E-state index in [9.17, 15) is 0 Å². The summed E-state index contributed by atoms with van der Waals surface area (Å²) in [5, 5.41) is 0. The lowest BCUT2D eigenvalue weighted by Crippen LogP contribution is -2.21. The van der Waals surface area contributed by atoms with Crippen molar-refractivity contribution in [3.8, 4) is 5.75 Å². The van der Waals surface area contributed by atoms with Crippen molar-refractivity contribution in [2.24, 2.45) is 11.7 Å². The first-order valence-corrected chi connectivity index (χ1v) is 7.45. The smallest absolute Gasteiger partial charge is 0.124 e. The molecular weight excluding hydrogens is 234 g/mol. The Hall–Kier alpha value is -1.02. The molecule has 1 aromatic rings. The zero-order chi connectivity index (χ0) is 14.4. The number of methoxy groups -OCH3 is 1. The highest BCUT2D eigenvalue weighted by Gasteiger charge is 2.19. The van der Waals surface area contributed by atoms with E-state index in [1.54, 1.807) is 7.11 Å². The monoisotopic (exact) mass is 263 g/mol. The van der Waals surface area contributed by atoms with Crippen LogP contribution in [0.1, 0.15) is 62.3 Å². The van der Waals surface area contributed by atoms with Crippen LogP contribution in [0, 0.1) is 19.8 Å². The van der Waals surface area contributed by atoms with E-state index in [1.165, 1.54) is 42.4 Å². The summed E-state index contributed by atoms with van der Waals surface area (Å²) in [6.45, 7) is 8.66. The molecule has 0 saturated carbocycles. The largest absolute Gasteiger partial charge is 0.496 e. The minimum absolute atomic E-state index is 0.142. The van der Waals surface area contributed by atoms with E-state index in [0.29, 0.717) is 5.92 Å². The Bertz CT molecular complexity index is 371. The lowest BCUT2D eigenvalue weighted by Gasteiger charge is -2.25. The maximum atomic E-state index is 6.50. The molecule has 0 aliphatic rings. The van der Waals surface area contributed by atoms with Crippen LogP contribution in [0.4, 0.5) is 0 Å². The van der Waals surface area contributed by atoms with Crippen LogP contribution in [-0.4, -0.2) is 7.11 Å². The van der Waals surface area contributed by atoms with Crippen LogP contribution in [-0.2, 0) is 0 Å². The number of ether oxygens (including phenoxy) is 1. The molecule has 2 N–H and O–H groups in total. The van der Waals surface area contributed by atoms with Gasteiger partial charge in [-0.1, -0.05) is 38.8 Å². The van der Waals surface area contributed by atoms with Crippen LogP contribution >= 0.6 is 0 Å².